The van der Waals surface area contributed by atoms with Crippen LogP contribution in [0.15, 0.2) is 108 Å². The summed E-state index contributed by atoms with van der Waals surface area (Å²) in [5.41, 5.74) is 1.96. The standard InChI is InChI=1S/C29H27FN2O5S/c1-36-27-7-5-6-25(18-27)32(38(34,35)28-8-3-2-4-9-28)20-29(33)31-19-22-12-16-26(17-13-22)37-21-23-10-14-24(30)15-11-23/h2-18H,19-21H2,1H3,(H,31,33). The minimum atomic E-state index is -4.01. The maximum Gasteiger partial charge on any atom is 0.264 e. The van der Waals surface area contributed by atoms with Crippen LogP contribution in [-0.4, -0.2) is 28.0 Å². The SMILES string of the molecule is COc1cccc(N(CC(=O)NCc2ccc(OCc3ccc(F)cc3)cc2)S(=O)(=O)c2ccccc2)c1. The average Bonchev–Trinajstić information content (AvgIpc) is 2.95. The van der Waals surface area contributed by atoms with Crippen molar-refractivity contribution in [2.24, 2.45) is 0 Å². The molecule has 1 amide bonds. The van der Waals surface area contributed by atoms with Crippen LogP contribution in [0.1, 0.15) is 11.1 Å². The van der Waals surface area contributed by atoms with Crippen LogP contribution in [0.2, 0.25) is 0 Å². The zero-order valence-corrected chi connectivity index (χ0v) is 21.5. The summed E-state index contributed by atoms with van der Waals surface area (Å²) in [6, 6.07) is 27.7. The number of hydrogen-bond acceptors (Lipinski definition) is 5. The first-order chi connectivity index (χ1) is 18.3. The molecule has 7 nitrogen and oxygen atoms in total. The number of rotatable bonds is 11. The van der Waals surface area contributed by atoms with E-state index in [1.165, 1.54) is 31.4 Å². The van der Waals surface area contributed by atoms with Crippen molar-refractivity contribution in [2.45, 2.75) is 18.0 Å². The van der Waals surface area contributed by atoms with E-state index in [4.69, 9.17) is 9.47 Å². The molecule has 0 fully saturated rings. The molecule has 0 radical (unpaired) electrons. The fourth-order valence-corrected chi connectivity index (χ4v) is 5.07. The molecular formula is C29H27FN2O5S. The topological polar surface area (TPSA) is 84.9 Å². The molecule has 0 aromatic heterocycles. The first kappa shape index (κ1) is 26.7. The Kier molecular flexibility index (Phi) is 8.60. The third kappa shape index (κ3) is 6.89. The van der Waals surface area contributed by atoms with Crippen molar-refractivity contribution in [1.82, 2.24) is 5.32 Å². The first-order valence-corrected chi connectivity index (χ1v) is 13.2. The van der Waals surface area contributed by atoms with Crippen molar-refractivity contribution < 1.29 is 27.1 Å². The number of nitrogens with one attached hydrogen (secondary N) is 1. The van der Waals surface area contributed by atoms with Gasteiger partial charge in [-0.25, -0.2) is 12.8 Å². The number of carbonyl (C=O) groups is 1. The lowest BCUT2D eigenvalue weighted by Gasteiger charge is -2.24. The summed E-state index contributed by atoms with van der Waals surface area (Å²) in [6.07, 6.45) is 0. The summed E-state index contributed by atoms with van der Waals surface area (Å²) < 4.78 is 51.9. The highest BCUT2D eigenvalue weighted by atomic mass is 32.2. The average molecular weight is 535 g/mol. The number of nitrogens with zero attached hydrogens (tertiary/aromatic N) is 1. The molecule has 0 aliphatic rings. The van der Waals surface area contributed by atoms with Crippen molar-refractivity contribution in [3.63, 3.8) is 0 Å². The van der Waals surface area contributed by atoms with Gasteiger partial charge >= 0.3 is 0 Å². The predicted octanol–water partition coefficient (Wildman–Crippen LogP) is 4.93. The molecular weight excluding hydrogens is 507 g/mol. The molecule has 0 atom stereocenters. The van der Waals surface area contributed by atoms with Crippen molar-refractivity contribution in [1.29, 1.82) is 0 Å². The monoisotopic (exact) mass is 534 g/mol. The van der Waals surface area contributed by atoms with Crippen LogP contribution in [0.5, 0.6) is 11.5 Å². The van der Waals surface area contributed by atoms with Gasteiger partial charge in [-0.2, -0.15) is 0 Å². The Morgan fingerprint density at radius 1 is 0.842 bits per heavy atom. The zero-order chi connectivity index (χ0) is 27.0. The highest BCUT2D eigenvalue weighted by molar-refractivity contribution is 7.92. The number of ether oxygens (including phenoxy) is 2. The summed E-state index contributed by atoms with van der Waals surface area (Å²) in [7, 11) is -2.53. The molecule has 4 rings (SSSR count). The Balaban J connectivity index is 1.41. The predicted molar refractivity (Wildman–Crippen MR) is 143 cm³/mol. The molecule has 0 aliphatic heterocycles. The Morgan fingerprint density at radius 2 is 1.53 bits per heavy atom. The third-order valence-corrected chi connectivity index (χ3v) is 7.48. The molecule has 196 valence electrons. The van der Waals surface area contributed by atoms with Gasteiger partial charge in [0, 0.05) is 12.6 Å². The van der Waals surface area contributed by atoms with Crippen molar-refractivity contribution in [2.75, 3.05) is 18.0 Å². The van der Waals surface area contributed by atoms with Crippen LogP contribution in [0.25, 0.3) is 0 Å². The Bertz CT molecular complexity index is 1460. The van der Waals surface area contributed by atoms with Gasteiger partial charge in [0.15, 0.2) is 0 Å². The Hall–Kier alpha value is -4.37. The summed E-state index contributed by atoms with van der Waals surface area (Å²) >= 11 is 0. The van der Waals surface area contributed by atoms with Crippen LogP contribution in [-0.2, 0) is 28.0 Å². The molecule has 0 bridgehead atoms. The van der Waals surface area contributed by atoms with E-state index in [1.807, 2.05) is 0 Å². The van der Waals surface area contributed by atoms with Gasteiger partial charge in [-0.15, -0.1) is 0 Å². The second-order valence-electron chi connectivity index (χ2n) is 8.36. The second-order valence-corrected chi connectivity index (χ2v) is 10.2. The number of carbonyl (C=O) groups excluding carboxylic acids is 1. The van der Waals surface area contributed by atoms with E-state index >= 15 is 0 Å². The van der Waals surface area contributed by atoms with Gasteiger partial charge in [0.05, 0.1) is 17.7 Å². The minimum absolute atomic E-state index is 0.0758. The van der Waals surface area contributed by atoms with Crippen molar-refractivity contribution in [3.05, 3.63) is 120 Å². The van der Waals surface area contributed by atoms with E-state index in [-0.39, 0.29) is 17.3 Å². The van der Waals surface area contributed by atoms with Crippen LogP contribution in [0.3, 0.4) is 0 Å². The van der Waals surface area contributed by atoms with Gasteiger partial charge in [0.25, 0.3) is 10.0 Å². The summed E-state index contributed by atoms with van der Waals surface area (Å²) in [5, 5.41) is 2.78. The smallest absolute Gasteiger partial charge is 0.264 e. The van der Waals surface area contributed by atoms with Crippen LogP contribution < -0.4 is 19.1 Å². The molecule has 38 heavy (non-hydrogen) atoms. The zero-order valence-electron chi connectivity index (χ0n) is 20.7. The fourth-order valence-electron chi connectivity index (χ4n) is 3.64. The Morgan fingerprint density at radius 3 is 2.21 bits per heavy atom. The van der Waals surface area contributed by atoms with E-state index in [0.717, 1.165) is 15.4 Å². The van der Waals surface area contributed by atoms with Gasteiger partial charge < -0.3 is 14.8 Å². The number of anilines is 1. The number of benzene rings is 4. The quantitative estimate of drug-likeness (QED) is 0.295. The number of methoxy groups -OCH3 is 1. The summed E-state index contributed by atoms with van der Waals surface area (Å²) in [6.45, 7) is 0.0873. The molecule has 0 saturated carbocycles. The van der Waals surface area contributed by atoms with E-state index in [1.54, 1.807) is 78.9 Å². The molecule has 9 heteroatoms. The van der Waals surface area contributed by atoms with Crippen molar-refractivity contribution in [3.8, 4) is 11.5 Å². The van der Waals surface area contributed by atoms with Gasteiger partial charge in [0.1, 0.15) is 30.5 Å². The second kappa shape index (κ2) is 12.2. The number of halogens is 1. The van der Waals surface area contributed by atoms with Gasteiger partial charge in [-0.3, -0.25) is 9.10 Å². The molecule has 0 spiro atoms. The normalized spacial score (nSPS) is 11.0. The maximum absolute atomic E-state index is 13.4. The molecule has 0 saturated heterocycles. The van der Waals surface area contributed by atoms with Gasteiger partial charge in [-0.05, 0) is 59.7 Å². The third-order valence-electron chi connectivity index (χ3n) is 5.69. The van der Waals surface area contributed by atoms with E-state index < -0.39 is 22.5 Å². The van der Waals surface area contributed by atoms with E-state index in [9.17, 15) is 17.6 Å². The molecule has 4 aromatic rings. The summed E-state index contributed by atoms with van der Waals surface area (Å²) in [4.78, 5) is 13.0. The minimum Gasteiger partial charge on any atom is -0.497 e. The molecule has 0 heterocycles. The lowest BCUT2D eigenvalue weighted by molar-refractivity contribution is -0.119. The number of hydrogen-bond donors (Lipinski definition) is 1. The van der Waals surface area contributed by atoms with Gasteiger partial charge in [0.2, 0.25) is 5.91 Å². The number of sulfonamides is 1. The number of amides is 1. The van der Waals surface area contributed by atoms with Crippen molar-refractivity contribution >= 4 is 21.6 Å². The largest absolute Gasteiger partial charge is 0.497 e. The fraction of sp³-hybridized carbons (Fsp3) is 0.138. The molecule has 1 N–H and O–H groups in total. The highest BCUT2D eigenvalue weighted by Gasteiger charge is 2.27. The van der Waals surface area contributed by atoms with Gasteiger partial charge in [-0.1, -0.05) is 48.5 Å². The van der Waals surface area contributed by atoms with Crippen LogP contribution >= 0.6 is 0 Å². The lowest BCUT2D eigenvalue weighted by atomic mass is 10.2. The van der Waals surface area contributed by atoms with Crippen LogP contribution in [0.4, 0.5) is 10.1 Å². The first-order valence-electron chi connectivity index (χ1n) is 11.8. The lowest BCUT2D eigenvalue weighted by Crippen LogP contribution is -2.40. The summed E-state index contributed by atoms with van der Waals surface area (Å²) in [5.74, 6) is 0.328. The molecule has 0 aliphatic carbocycles. The molecule has 0 unspecified atom stereocenters. The maximum atomic E-state index is 13.4. The van der Waals surface area contributed by atoms with Crippen LogP contribution in [0, 0.1) is 5.82 Å². The Labute approximate surface area is 221 Å². The molecule has 4 aromatic carbocycles. The van der Waals surface area contributed by atoms with E-state index in [0.29, 0.717) is 23.8 Å². The highest BCUT2D eigenvalue weighted by Crippen LogP contribution is 2.27. The van der Waals surface area contributed by atoms with E-state index in [2.05, 4.69) is 5.32 Å².